The second-order valence-corrected chi connectivity index (χ2v) is 5.45. The second kappa shape index (κ2) is 6.31. The average molecular weight is 260 g/mol. The molecule has 0 unspecified atom stereocenters. The van der Waals surface area contributed by atoms with Crippen molar-refractivity contribution in [2.75, 3.05) is 0 Å². The zero-order valence-electron chi connectivity index (χ0n) is 10.3. The fourth-order valence-electron chi connectivity index (χ4n) is 1.65. The molecule has 4 heteroatoms. The second-order valence-electron chi connectivity index (χ2n) is 4.13. The zero-order valence-corrected chi connectivity index (χ0v) is 11.2. The van der Waals surface area contributed by atoms with Gasteiger partial charge in [-0.05, 0) is 18.9 Å². The molecule has 1 heterocycles. The highest BCUT2D eigenvalue weighted by Gasteiger charge is 2.04. The fourth-order valence-corrected chi connectivity index (χ4v) is 2.38. The van der Waals surface area contributed by atoms with Crippen molar-refractivity contribution in [2.45, 2.75) is 26.3 Å². The van der Waals surface area contributed by atoms with Crippen LogP contribution in [0.4, 0.5) is 0 Å². The first kappa shape index (κ1) is 12.8. The van der Waals surface area contributed by atoms with Crippen molar-refractivity contribution in [3.8, 4) is 0 Å². The monoisotopic (exact) mass is 260 g/mol. The molecule has 0 saturated heterocycles. The molecule has 94 valence electrons. The number of rotatable bonds is 5. The normalized spacial score (nSPS) is 10.3. The fraction of sp³-hybridized carbons (Fsp3) is 0.286. The van der Waals surface area contributed by atoms with Crippen LogP contribution in [0.5, 0.6) is 0 Å². The lowest BCUT2D eigenvalue weighted by Gasteiger charge is -2.03. The maximum Gasteiger partial charge on any atom is 0.220 e. The van der Waals surface area contributed by atoms with Crippen molar-refractivity contribution in [1.82, 2.24) is 10.3 Å². The Hall–Kier alpha value is -1.68. The Morgan fingerprint density at radius 1 is 1.33 bits per heavy atom. The molecule has 1 amide bonds. The molecule has 1 aromatic carbocycles. The van der Waals surface area contributed by atoms with Gasteiger partial charge in [-0.15, -0.1) is 11.3 Å². The van der Waals surface area contributed by atoms with E-state index in [4.69, 9.17) is 0 Å². The number of amides is 1. The minimum absolute atomic E-state index is 0.0757. The maximum absolute atomic E-state index is 11.7. The minimum atomic E-state index is 0.0757. The molecule has 0 spiro atoms. The van der Waals surface area contributed by atoms with Gasteiger partial charge in [0.1, 0.15) is 5.01 Å². The molecule has 0 fully saturated rings. The molecule has 0 radical (unpaired) electrons. The van der Waals surface area contributed by atoms with E-state index < -0.39 is 0 Å². The van der Waals surface area contributed by atoms with E-state index in [1.165, 1.54) is 10.4 Å². The molecule has 1 N–H and O–H groups in total. The summed E-state index contributed by atoms with van der Waals surface area (Å²) >= 11 is 1.62. The molecule has 0 bridgehead atoms. The van der Waals surface area contributed by atoms with Crippen LogP contribution >= 0.6 is 11.3 Å². The number of benzene rings is 1. The number of nitrogens with zero attached hydrogens (tertiary/aromatic N) is 1. The van der Waals surface area contributed by atoms with E-state index in [1.54, 1.807) is 11.3 Å². The Morgan fingerprint density at radius 3 is 2.78 bits per heavy atom. The highest BCUT2D eigenvalue weighted by Crippen LogP contribution is 2.10. The van der Waals surface area contributed by atoms with Gasteiger partial charge in [0.15, 0.2) is 0 Å². The lowest BCUT2D eigenvalue weighted by molar-refractivity contribution is -0.121. The van der Waals surface area contributed by atoms with E-state index in [2.05, 4.69) is 10.3 Å². The molecular formula is C14H16N2OS. The summed E-state index contributed by atoms with van der Waals surface area (Å²) in [5, 5.41) is 3.85. The predicted octanol–water partition coefficient (Wildman–Crippen LogP) is 2.70. The van der Waals surface area contributed by atoms with Crippen LogP contribution in [0.1, 0.15) is 21.9 Å². The van der Waals surface area contributed by atoms with Crippen LogP contribution in [-0.4, -0.2) is 10.9 Å². The predicted molar refractivity (Wildman–Crippen MR) is 73.5 cm³/mol. The summed E-state index contributed by atoms with van der Waals surface area (Å²) in [4.78, 5) is 17.0. The molecular weight excluding hydrogens is 244 g/mol. The summed E-state index contributed by atoms with van der Waals surface area (Å²) in [5.74, 6) is 0.0757. The Labute approximate surface area is 111 Å². The Kier molecular flexibility index (Phi) is 4.47. The Morgan fingerprint density at radius 2 is 2.11 bits per heavy atom. The summed E-state index contributed by atoms with van der Waals surface area (Å²) in [6, 6.07) is 10.0. The van der Waals surface area contributed by atoms with Gasteiger partial charge in [-0.3, -0.25) is 4.79 Å². The molecule has 0 aliphatic carbocycles. The van der Waals surface area contributed by atoms with Gasteiger partial charge in [0, 0.05) is 17.5 Å². The van der Waals surface area contributed by atoms with Gasteiger partial charge < -0.3 is 5.32 Å². The van der Waals surface area contributed by atoms with E-state index in [1.807, 2.05) is 43.5 Å². The topological polar surface area (TPSA) is 42.0 Å². The highest BCUT2D eigenvalue weighted by atomic mass is 32.1. The Bertz CT molecular complexity index is 508. The van der Waals surface area contributed by atoms with Crippen LogP contribution in [0.25, 0.3) is 0 Å². The van der Waals surface area contributed by atoms with Crippen molar-refractivity contribution < 1.29 is 4.79 Å². The summed E-state index contributed by atoms with van der Waals surface area (Å²) in [6.45, 7) is 2.55. The van der Waals surface area contributed by atoms with Crippen molar-refractivity contribution in [1.29, 1.82) is 0 Å². The van der Waals surface area contributed by atoms with E-state index in [9.17, 15) is 4.79 Å². The summed E-state index contributed by atoms with van der Waals surface area (Å²) in [6.07, 6.45) is 3.13. The van der Waals surface area contributed by atoms with Crippen molar-refractivity contribution in [2.24, 2.45) is 0 Å². The number of aryl methyl sites for hydroxylation is 2. The van der Waals surface area contributed by atoms with Crippen LogP contribution in [0, 0.1) is 6.92 Å². The van der Waals surface area contributed by atoms with E-state index in [-0.39, 0.29) is 5.91 Å². The maximum atomic E-state index is 11.7. The zero-order chi connectivity index (χ0) is 12.8. The quantitative estimate of drug-likeness (QED) is 0.898. The minimum Gasteiger partial charge on any atom is -0.350 e. The first-order valence-corrected chi connectivity index (χ1v) is 6.77. The third-order valence-corrected chi connectivity index (χ3v) is 3.50. The van der Waals surface area contributed by atoms with Crippen LogP contribution in [0.2, 0.25) is 0 Å². The van der Waals surface area contributed by atoms with Crippen LogP contribution in [0.3, 0.4) is 0 Å². The van der Waals surface area contributed by atoms with Crippen LogP contribution in [-0.2, 0) is 17.8 Å². The first-order chi connectivity index (χ1) is 8.74. The van der Waals surface area contributed by atoms with Gasteiger partial charge in [0.25, 0.3) is 0 Å². The van der Waals surface area contributed by atoms with Crippen molar-refractivity contribution >= 4 is 17.2 Å². The summed E-state index contributed by atoms with van der Waals surface area (Å²) in [7, 11) is 0. The van der Waals surface area contributed by atoms with E-state index in [0.717, 1.165) is 11.4 Å². The molecule has 3 nitrogen and oxygen atoms in total. The lowest BCUT2D eigenvalue weighted by Crippen LogP contribution is -2.22. The number of nitrogens with one attached hydrogen (secondary N) is 1. The summed E-state index contributed by atoms with van der Waals surface area (Å²) < 4.78 is 0. The number of hydrogen-bond donors (Lipinski definition) is 1. The van der Waals surface area contributed by atoms with Crippen LogP contribution in [0.15, 0.2) is 36.5 Å². The molecule has 0 aliphatic rings. The molecule has 2 rings (SSSR count). The number of thiazole rings is 1. The average Bonchev–Trinajstić information content (AvgIpc) is 2.81. The van der Waals surface area contributed by atoms with Gasteiger partial charge in [0.2, 0.25) is 5.91 Å². The summed E-state index contributed by atoms with van der Waals surface area (Å²) in [5.41, 5.74) is 1.19. The van der Waals surface area contributed by atoms with Crippen molar-refractivity contribution in [3.63, 3.8) is 0 Å². The van der Waals surface area contributed by atoms with Gasteiger partial charge in [-0.1, -0.05) is 30.3 Å². The third kappa shape index (κ3) is 3.96. The Balaban J connectivity index is 1.73. The number of carbonyl (C=O) groups is 1. The van der Waals surface area contributed by atoms with Crippen LogP contribution < -0.4 is 5.32 Å². The number of aromatic nitrogens is 1. The highest BCUT2D eigenvalue weighted by molar-refractivity contribution is 7.11. The van der Waals surface area contributed by atoms with E-state index >= 15 is 0 Å². The molecule has 0 saturated carbocycles. The standard InChI is InChI=1S/C14H16N2OS/c1-11-9-16-14(18-11)10-15-13(17)8-7-12-5-3-2-4-6-12/h2-6,9H,7-8,10H2,1H3,(H,15,17). The van der Waals surface area contributed by atoms with Gasteiger partial charge >= 0.3 is 0 Å². The molecule has 18 heavy (non-hydrogen) atoms. The van der Waals surface area contributed by atoms with Crippen molar-refractivity contribution in [3.05, 3.63) is 52.0 Å². The SMILES string of the molecule is Cc1cnc(CNC(=O)CCc2ccccc2)s1. The van der Waals surface area contributed by atoms with E-state index in [0.29, 0.717) is 13.0 Å². The third-order valence-electron chi connectivity index (χ3n) is 2.59. The smallest absolute Gasteiger partial charge is 0.220 e. The molecule has 2 aromatic rings. The first-order valence-electron chi connectivity index (χ1n) is 5.96. The molecule has 0 aliphatic heterocycles. The van der Waals surface area contributed by atoms with Gasteiger partial charge in [-0.25, -0.2) is 4.98 Å². The molecule has 1 aromatic heterocycles. The van der Waals surface area contributed by atoms with Gasteiger partial charge in [0.05, 0.1) is 6.54 Å². The lowest BCUT2D eigenvalue weighted by atomic mass is 10.1. The molecule has 0 atom stereocenters. The number of carbonyl (C=O) groups excluding carboxylic acids is 1. The van der Waals surface area contributed by atoms with Gasteiger partial charge in [-0.2, -0.15) is 0 Å². The number of hydrogen-bond acceptors (Lipinski definition) is 3. The largest absolute Gasteiger partial charge is 0.350 e.